The molecule has 1 aromatic heterocycles. The molecule has 0 saturated heterocycles. The van der Waals surface area contributed by atoms with E-state index in [4.69, 9.17) is 10.5 Å². The van der Waals surface area contributed by atoms with Crippen molar-refractivity contribution in [3.05, 3.63) is 99.7 Å². The number of ether oxygens (including phenoxy) is 1. The fraction of sp³-hybridized carbons (Fsp3) is 0.0833. The van der Waals surface area contributed by atoms with Crippen molar-refractivity contribution in [3.8, 4) is 11.8 Å². The van der Waals surface area contributed by atoms with E-state index in [-0.39, 0.29) is 17.0 Å². The first-order valence-corrected chi connectivity index (χ1v) is 9.28. The van der Waals surface area contributed by atoms with Crippen LogP contribution in [0.1, 0.15) is 17.0 Å². The van der Waals surface area contributed by atoms with Crippen LogP contribution in [0.25, 0.3) is 21.7 Å². The zero-order valence-corrected chi connectivity index (χ0v) is 15.7. The number of allylic oxidation sites excluding steroid dienone is 1. The number of nitrogens with zero attached hydrogens (tertiary/aromatic N) is 2. The van der Waals surface area contributed by atoms with Crippen LogP contribution >= 0.6 is 0 Å². The Morgan fingerprint density at radius 2 is 1.69 bits per heavy atom. The van der Waals surface area contributed by atoms with E-state index in [9.17, 15) is 10.1 Å². The van der Waals surface area contributed by atoms with Gasteiger partial charge in [0.2, 0.25) is 5.88 Å². The summed E-state index contributed by atoms with van der Waals surface area (Å²) in [5, 5.41) is 12.7. The molecular formula is C24H17N3O2. The molecule has 5 rings (SSSR count). The summed E-state index contributed by atoms with van der Waals surface area (Å²) in [7, 11) is 1.73. The first kappa shape index (κ1) is 17.1. The molecule has 1 atom stereocenters. The lowest BCUT2D eigenvalue weighted by Crippen LogP contribution is -2.31. The third kappa shape index (κ3) is 2.36. The summed E-state index contributed by atoms with van der Waals surface area (Å²) in [5.41, 5.74) is 8.29. The minimum Gasteiger partial charge on any atom is -0.439 e. The van der Waals surface area contributed by atoms with Crippen LogP contribution in [0.5, 0.6) is 5.75 Å². The lowest BCUT2D eigenvalue weighted by molar-refractivity contribution is 0.396. The van der Waals surface area contributed by atoms with E-state index >= 15 is 0 Å². The number of hydrogen-bond acceptors (Lipinski definition) is 4. The summed E-state index contributed by atoms with van der Waals surface area (Å²) >= 11 is 0. The van der Waals surface area contributed by atoms with E-state index in [0.717, 1.165) is 27.2 Å². The first-order chi connectivity index (χ1) is 14.1. The molecule has 0 amide bonds. The maximum atomic E-state index is 13.4. The Labute approximate surface area is 166 Å². The van der Waals surface area contributed by atoms with Crippen LogP contribution < -0.4 is 16.0 Å². The maximum Gasteiger partial charge on any atom is 0.258 e. The number of nitriles is 1. The zero-order valence-electron chi connectivity index (χ0n) is 15.7. The van der Waals surface area contributed by atoms with Crippen LogP contribution in [-0.4, -0.2) is 4.57 Å². The molecule has 2 N–H and O–H groups in total. The Morgan fingerprint density at radius 3 is 2.48 bits per heavy atom. The van der Waals surface area contributed by atoms with Gasteiger partial charge in [0.1, 0.15) is 17.4 Å². The van der Waals surface area contributed by atoms with Crippen LogP contribution in [0.4, 0.5) is 0 Å². The minimum absolute atomic E-state index is 0.0383. The Bertz CT molecular complexity index is 1440. The van der Waals surface area contributed by atoms with Crippen molar-refractivity contribution in [1.29, 1.82) is 5.26 Å². The number of para-hydroxylation sites is 1. The van der Waals surface area contributed by atoms with Gasteiger partial charge in [0, 0.05) is 12.4 Å². The summed E-state index contributed by atoms with van der Waals surface area (Å²) in [6.45, 7) is 0. The summed E-state index contributed by atoms with van der Waals surface area (Å²) in [4.78, 5) is 13.4. The van der Waals surface area contributed by atoms with E-state index in [1.807, 2.05) is 66.7 Å². The highest BCUT2D eigenvalue weighted by molar-refractivity contribution is 5.91. The monoisotopic (exact) mass is 379 g/mol. The average molecular weight is 379 g/mol. The van der Waals surface area contributed by atoms with Gasteiger partial charge in [-0.3, -0.25) is 4.79 Å². The number of fused-ring (bicyclic) bond motifs is 4. The highest BCUT2D eigenvalue weighted by Gasteiger charge is 2.35. The van der Waals surface area contributed by atoms with Crippen molar-refractivity contribution < 1.29 is 4.74 Å². The summed E-state index contributed by atoms with van der Waals surface area (Å²) in [6.07, 6.45) is 0. The van der Waals surface area contributed by atoms with Gasteiger partial charge >= 0.3 is 0 Å². The average Bonchev–Trinajstić information content (AvgIpc) is 2.76. The number of hydrogen-bond donors (Lipinski definition) is 1. The molecule has 3 aromatic carbocycles. The Morgan fingerprint density at radius 1 is 1.00 bits per heavy atom. The van der Waals surface area contributed by atoms with Crippen LogP contribution in [0.2, 0.25) is 0 Å². The Kier molecular flexibility index (Phi) is 3.68. The minimum atomic E-state index is -0.599. The smallest absolute Gasteiger partial charge is 0.258 e. The molecule has 1 aliphatic heterocycles. The van der Waals surface area contributed by atoms with Crippen molar-refractivity contribution >= 4 is 21.7 Å². The molecule has 0 bridgehead atoms. The van der Waals surface area contributed by atoms with Crippen molar-refractivity contribution in [1.82, 2.24) is 4.57 Å². The maximum absolute atomic E-state index is 13.4. The second-order valence-electron chi connectivity index (χ2n) is 7.12. The summed E-state index contributed by atoms with van der Waals surface area (Å²) < 4.78 is 7.47. The van der Waals surface area contributed by atoms with Gasteiger partial charge in [-0.05, 0) is 28.5 Å². The van der Waals surface area contributed by atoms with Crippen molar-refractivity contribution in [2.24, 2.45) is 12.8 Å². The summed E-state index contributed by atoms with van der Waals surface area (Å²) in [5.74, 6) is -0.132. The number of aryl methyl sites for hydroxylation is 1. The standard InChI is InChI=1S/C24H17N3O2/c1-27-19-12-5-4-10-17(19)22-21(24(27)28)20(18(13-25)23(26)29-22)16-11-6-8-14-7-2-3-9-15(14)16/h2-12,20H,26H2,1H3/t20-/m0/s1. The predicted octanol–water partition coefficient (Wildman–Crippen LogP) is 3.91. The van der Waals surface area contributed by atoms with Crippen LogP contribution in [0.15, 0.2) is 83.0 Å². The van der Waals surface area contributed by atoms with Gasteiger partial charge in [-0.25, -0.2) is 0 Å². The molecule has 1 aliphatic rings. The SMILES string of the molecule is Cn1c(=O)c2c(c3ccccc31)OC(N)=C(C#N)[C@@H]2c1cccc2ccccc12. The molecule has 0 spiro atoms. The van der Waals surface area contributed by atoms with Crippen LogP contribution in [0.3, 0.4) is 0 Å². The largest absolute Gasteiger partial charge is 0.439 e. The number of rotatable bonds is 1. The van der Waals surface area contributed by atoms with E-state index in [1.165, 1.54) is 0 Å². The molecule has 5 heteroatoms. The quantitative estimate of drug-likeness (QED) is 0.544. The number of nitrogens with two attached hydrogens (primary N) is 1. The second kappa shape index (κ2) is 6.25. The molecule has 0 unspecified atom stereocenters. The molecule has 0 radical (unpaired) electrons. The van der Waals surface area contributed by atoms with Gasteiger partial charge in [-0.1, -0.05) is 54.6 Å². The van der Waals surface area contributed by atoms with Crippen molar-refractivity contribution in [2.75, 3.05) is 0 Å². The normalized spacial score (nSPS) is 15.8. The predicted molar refractivity (Wildman–Crippen MR) is 112 cm³/mol. The highest BCUT2D eigenvalue weighted by atomic mass is 16.5. The van der Waals surface area contributed by atoms with Gasteiger partial charge < -0.3 is 15.0 Å². The molecule has 5 nitrogen and oxygen atoms in total. The topological polar surface area (TPSA) is 81.0 Å². The van der Waals surface area contributed by atoms with Crippen LogP contribution in [-0.2, 0) is 7.05 Å². The van der Waals surface area contributed by atoms with Crippen molar-refractivity contribution in [2.45, 2.75) is 5.92 Å². The van der Waals surface area contributed by atoms with Gasteiger partial charge in [0.25, 0.3) is 5.56 Å². The first-order valence-electron chi connectivity index (χ1n) is 9.28. The zero-order chi connectivity index (χ0) is 20.1. The highest BCUT2D eigenvalue weighted by Crippen LogP contribution is 2.44. The van der Waals surface area contributed by atoms with Gasteiger partial charge in [0.15, 0.2) is 0 Å². The number of pyridine rings is 1. The molecular weight excluding hydrogens is 362 g/mol. The number of aromatic nitrogens is 1. The van der Waals surface area contributed by atoms with Gasteiger partial charge in [0.05, 0.1) is 17.0 Å². The Balaban J connectivity index is 1.95. The van der Waals surface area contributed by atoms with Crippen LogP contribution in [0, 0.1) is 11.3 Å². The van der Waals surface area contributed by atoms with Crippen molar-refractivity contribution in [3.63, 3.8) is 0 Å². The molecule has 29 heavy (non-hydrogen) atoms. The molecule has 2 heterocycles. The number of benzene rings is 3. The fourth-order valence-corrected chi connectivity index (χ4v) is 4.24. The Hall–Kier alpha value is -4.04. The third-order valence-electron chi connectivity index (χ3n) is 5.60. The van der Waals surface area contributed by atoms with E-state index in [0.29, 0.717) is 11.3 Å². The summed E-state index contributed by atoms with van der Waals surface area (Å²) in [6, 6.07) is 23.5. The molecule has 0 fully saturated rings. The second-order valence-corrected chi connectivity index (χ2v) is 7.12. The molecule has 4 aromatic rings. The lowest BCUT2D eigenvalue weighted by Gasteiger charge is -2.28. The molecule has 0 saturated carbocycles. The van der Waals surface area contributed by atoms with Gasteiger partial charge in [-0.15, -0.1) is 0 Å². The fourth-order valence-electron chi connectivity index (χ4n) is 4.24. The van der Waals surface area contributed by atoms with E-state index in [1.54, 1.807) is 11.6 Å². The van der Waals surface area contributed by atoms with E-state index in [2.05, 4.69) is 6.07 Å². The van der Waals surface area contributed by atoms with E-state index < -0.39 is 5.92 Å². The molecule has 0 aliphatic carbocycles. The third-order valence-corrected chi connectivity index (χ3v) is 5.60. The van der Waals surface area contributed by atoms with Gasteiger partial charge in [-0.2, -0.15) is 5.26 Å². The lowest BCUT2D eigenvalue weighted by atomic mass is 9.81. The molecule has 140 valence electrons.